The van der Waals surface area contributed by atoms with Crippen molar-refractivity contribution in [2.45, 2.75) is 20.0 Å². The van der Waals surface area contributed by atoms with E-state index in [1.807, 2.05) is 13.8 Å². The number of thiocarbonyl (C=S) groups is 1. The summed E-state index contributed by atoms with van der Waals surface area (Å²) in [6.45, 7) is 4.60. The Bertz CT molecular complexity index is 1030. The van der Waals surface area contributed by atoms with E-state index in [0.717, 1.165) is 28.8 Å². The molecule has 0 N–H and O–H groups in total. The summed E-state index contributed by atoms with van der Waals surface area (Å²) in [4.78, 5) is 14.3. The van der Waals surface area contributed by atoms with Gasteiger partial charge in [0.05, 0.1) is 29.9 Å². The zero-order chi connectivity index (χ0) is 22.8. The van der Waals surface area contributed by atoms with E-state index in [1.165, 1.54) is 19.2 Å². The average Bonchev–Trinajstić information content (AvgIpc) is 2.99. The molecule has 1 amide bonds. The summed E-state index contributed by atoms with van der Waals surface area (Å²) < 4.78 is 50.4. The molecule has 0 atom stereocenters. The maximum atomic E-state index is 13.0. The van der Waals surface area contributed by atoms with E-state index in [1.54, 1.807) is 24.3 Å². The normalized spacial score (nSPS) is 15.8. The molecule has 0 aliphatic carbocycles. The quantitative estimate of drug-likeness (QED) is 0.376. The Kier molecular flexibility index (Phi) is 6.96. The topological polar surface area (TPSA) is 38.8 Å². The van der Waals surface area contributed by atoms with E-state index in [-0.39, 0.29) is 10.0 Å². The molecule has 1 aliphatic rings. The van der Waals surface area contributed by atoms with Crippen LogP contribution < -0.4 is 14.4 Å². The minimum atomic E-state index is -4.51. The first-order valence-corrected chi connectivity index (χ1v) is 10.6. The van der Waals surface area contributed by atoms with Gasteiger partial charge < -0.3 is 9.47 Å². The van der Waals surface area contributed by atoms with Crippen LogP contribution in [0.2, 0.25) is 0 Å². The summed E-state index contributed by atoms with van der Waals surface area (Å²) in [5.74, 6) is 0.975. The van der Waals surface area contributed by atoms with Crippen LogP contribution in [0.5, 0.6) is 11.5 Å². The Morgan fingerprint density at radius 2 is 1.90 bits per heavy atom. The molecule has 2 aromatic carbocycles. The highest BCUT2D eigenvalue weighted by atomic mass is 32.2. The SMILES string of the molecule is COc1cc(/C=C2/SC(=S)N(c3cccc(C(F)(F)F)c3)C2=O)ccc1OCC(C)C. The number of hydrogen-bond donors (Lipinski definition) is 0. The first kappa shape index (κ1) is 23.1. The van der Waals surface area contributed by atoms with Crippen LogP contribution in [-0.2, 0) is 11.0 Å². The highest BCUT2D eigenvalue weighted by molar-refractivity contribution is 8.27. The molecular formula is C22H20F3NO3S2. The van der Waals surface area contributed by atoms with Gasteiger partial charge in [-0.25, -0.2) is 0 Å². The van der Waals surface area contributed by atoms with E-state index < -0.39 is 17.6 Å². The third-order valence-corrected chi connectivity index (χ3v) is 5.59. The number of carbonyl (C=O) groups excluding carboxylic acids is 1. The summed E-state index contributed by atoms with van der Waals surface area (Å²) in [6.07, 6.45) is -2.89. The number of carbonyl (C=O) groups is 1. The molecule has 164 valence electrons. The Morgan fingerprint density at radius 1 is 1.16 bits per heavy atom. The Morgan fingerprint density at radius 3 is 2.55 bits per heavy atom. The third kappa shape index (κ3) is 5.40. The average molecular weight is 468 g/mol. The van der Waals surface area contributed by atoms with Crippen molar-refractivity contribution in [3.05, 3.63) is 58.5 Å². The van der Waals surface area contributed by atoms with E-state index in [2.05, 4.69) is 0 Å². The van der Waals surface area contributed by atoms with Crippen molar-refractivity contribution in [3.8, 4) is 11.5 Å². The molecule has 0 bridgehead atoms. The second-order valence-corrected chi connectivity index (χ2v) is 8.86. The molecular weight excluding hydrogens is 447 g/mol. The number of rotatable bonds is 6. The minimum absolute atomic E-state index is 0.0794. The van der Waals surface area contributed by atoms with Gasteiger partial charge in [-0.3, -0.25) is 9.69 Å². The molecule has 0 saturated carbocycles. The number of hydrogen-bond acceptors (Lipinski definition) is 5. The second kappa shape index (κ2) is 9.32. The molecule has 0 unspecified atom stereocenters. The fraction of sp³-hybridized carbons (Fsp3) is 0.273. The zero-order valence-corrected chi connectivity index (χ0v) is 18.7. The summed E-state index contributed by atoms with van der Waals surface area (Å²) in [6, 6.07) is 9.79. The minimum Gasteiger partial charge on any atom is -0.493 e. The van der Waals surface area contributed by atoms with Gasteiger partial charge in [0.2, 0.25) is 0 Å². The van der Waals surface area contributed by atoms with Crippen molar-refractivity contribution in [3.63, 3.8) is 0 Å². The van der Waals surface area contributed by atoms with Gasteiger partial charge in [0.1, 0.15) is 0 Å². The van der Waals surface area contributed by atoms with Crippen LogP contribution in [0.3, 0.4) is 0 Å². The first-order chi connectivity index (χ1) is 14.6. The number of anilines is 1. The fourth-order valence-corrected chi connectivity index (χ4v) is 4.11. The summed E-state index contributed by atoms with van der Waals surface area (Å²) in [5.41, 5.74) is -0.0845. The van der Waals surface area contributed by atoms with Crippen molar-refractivity contribution in [2.75, 3.05) is 18.6 Å². The Hall–Kier alpha value is -2.52. The molecule has 4 nitrogen and oxygen atoms in total. The molecule has 2 aromatic rings. The van der Waals surface area contributed by atoms with Gasteiger partial charge in [-0.15, -0.1) is 0 Å². The molecule has 0 aromatic heterocycles. The number of benzene rings is 2. The Balaban J connectivity index is 1.87. The van der Waals surface area contributed by atoms with Crippen LogP contribution in [0.25, 0.3) is 6.08 Å². The van der Waals surface area contributed by atoms with Gasteiger partial charge in [-0.1, -0.05) is 50.0 Å². The van der Waals surface area contributed by atoms with E-state index in [4.69, 9.17) is 21.7 Å². The number of alkyl halides is 3. The fourth-order valence-electron chi connectivity index (χ4n) is 2.81. The molecule has 3 rings (SSSR count). The third-order valence-electron chi connectivity index (χ3n) is 4.28. The van der Waals surface area contributed by atoms with Crippen molar-refractivity contribution >= 4 is 46.0 Å². The van der Waals surface area contributed by atoms with Gasteiger partial charge in [-0.05, 0) is 47.9 Å². The summed E-state index contributed by atoms with van der Waals surface area (Å²) in [7, 11) is 1.52. The smallest absolute Gasteiger partial charge is 0.416 e. The summed E-state index contributed by atoms with van der Waals surface area (Å²) >= 11 is 6.29. The van der Waals surface area contributed by atoms with Gasteiger partial charge in [0.25, 0.3) is 5.91 Å². The van der Waals surface area contributed by atoms with Crippen molar-refractivity contribution in [2.24, 2.45) is 5.92 Å². The Labute approximate surface area is 188 Å². The monoisotopic (exact) mass is 467 g/mol. The number of amides is 1. The number of methoxy groups -OCH3 is 1. The number of nitrogens with zero attached hydrogens (tertiary/aromatic N) is 1. The standard InChI is InChI=1S/C22H20F3NO3S2/c1-13(2)12-29-17-8-7-14(9-18(17)28-3)10-19-20(27)26(21(30)31-19)16-6-4-5-15(11-16)22(23,24)25/h4-11,13H,12H2,1-3H3/b19-10+. The van der Waals surface area contributed by atoms with Crippen molar-refractivity contribution in [1.29, 1.82) is 0 Å². The lowest BCUT2D eigenvalue weighted by Crippen LogP contribution is -2.27. The van der Waals surface area contributed by atoms with Gasteiger partial charge in [0, 0.05) is 0 Å². The lowest BCUT2D eigenvalue weighted by Gasteiger charge is -2.16. The molecule has 1 saturated heterocycles. The van der Waals surface area contributed by atoms with E-state index >= 15 is 0 Å². The van der Waals surface area contributed by atoms with Crippen LogP contribution in [0, 0.1) is 5.92 Å². The highest BCUT2D eigenvalue weighted by Gasteiger charge is 2.36. The van der Waals surface area contributed by atoms with Crippen LogP contribution in [-0.4, -0.2) is 23.9 Å². The lowest BCUT2D eigenvalue weighted by atomic mass is 10.1. The molecule has 0 radical (unpaired) electrons. The van der Waals surface area contributed by atoms with Gasteiger partial charge in [-0.2, -0.15) is 13.2 Å². The predicted octanol–water partition coefficient (Wildman–Crippen LogP) is 6.15. The largest absolute Gasteiger partial charge is 0.493 e. The maximum Gasteiger partial charge on any atom is 0.416 e. The van der Waals surface area contributed by atoms with E-state index in [0.29, 0.717) is 34.5 Å². The number of halogens is 3. The molecule has 1 aliphatic heterocycles. The lowest BCUT2D eigenvalue weighted by molar-refractivity contribution is -0.137. The summed E-state index contributed by atoms with van der Waals surface area (Å²) in [5, 5.41) is 0. The molecule has 9 heteroatoms. The number of thioether (sulfide) groups is 1. The van der Waals surface area contributed by atoms with Crippen LogP contribution in [0.1, 0.15) is 25.0 Å². The van der Waals surface area contributed by atoms with Crippen LogP contribution >= 0.6 is 24.0 Å². The van der Waals surface area contributed by atoms with E-state index in [9.17, 15) is 18.0 Å². The van der Waals surface area contributed by atoms with Crippen molar-refractivity contribution < 1.29 is 27.4 Å². The molecule has 31 heavy (non-hydrogen) atoms. The van der Waals surface area contributed by atoms with Crippen LogP contribution in [0.4, 0.5) is 18.9 Å². The zero-order valence-electron chi connectivity index (χ0n) is 17.0. The first-order valence-electron chi connectivity index (χ1n) is 9.36. The van der Waals surface area contributed by atoms with Crippen molar-refractivity contribution in [1.82, 2.24) is 0 Å². The number of ether oxygens (including phenoxy) is 2. The van der Waals surface area contributed by atoms with Gasteiger partial charge >= 0.3 is 6.18 Å². The van der Waals surface area contributed by atoms with Gasteiger partial charge in [0.15, 0.2) is 15.8 Å². The molecule has 1 heterocycles. The predicted molar refractivity (Wildman–Crippen MR) is 120 cm³/mol. The maximum absolute atomic E-state index is 13.0. The van der Waals surface area contributed by atoms with Crippen LogP contribution in [0.15, 0.2) is 47.4 Å². The molecule has 1 fully saturated rings. The second-order valence-electron chi connectivity index (χ2n) is 7.18. The highest BCUT2D eigenvalue weighted by Crippen LogP contribution is 2.39. The molecule has 0 spiro atoms.